The number of ether oxygens (including phenoxy) is 1. The minimum atomic E-state index is -0.610. The highest BCUT2D eigenvalue weighted by molar-refractivity contribution is 8.18. The predicted octanol–water partition coefficient (Wildman–Crippen LogP) is 3.72. The Morgan fingerprint density at radius 3 is 2.73 bits per heavy atom. The van der Waals surface area contributed by atoms with Crippen molar-refractivity contribution < 1.29 is 14.3 Å². The van der Waals surface area contributed by atoms with Gasteiger partial charge in [-0.2, -0.15) is 5.10 Å². The van der Waals surface area contributed by atoms with Gasteiger partial charge in [0.2, 0.25) is 0 Å². The van der Waals surface area contributed by atoms with E-state index in [2.05, 4.69) is 28.2 Å². The standard InChI is InChI=1S/C19H25N3O3S/c1-11(2)13-8-7-12(3)14(9-13)21-22-18-20-17(24)15(26-18)10-16(23)25-19(4,5)6/h7,10,13H,1,8-9H2,2-6H3,(H,20,22,24). The minimum absolute atomic E-state index is 0.244. The lowest BCUT2D eigenvalue weighted by molar-refractivity contribution is -0.148. The smallest absolute Gasteiger partial charge is 0.332 e. The summed E-state index contributed by atoms with van der Waals surface area (Å²) in [7, 11) is 0. The van der Waals surface area contributed by atoms with Gasteiger partial charge in [0.25, 0.3) is 5.91 Å². The van der Waals surface area contributed by atoms with Gasteiger partial charge in [-0.15, -0.1) is 5.10 Å². The number of hydrogen-bond acceptors (Lipinski definition) is 6. The maximum absolute atomic E-state index is 12.0. The summed E-state index contributed by atoms with van der Waals surface area (Å²) >= 11 is 1.08. The fraction of sp³-hybridized carbons (Fsp3) is 0.474. The predicted molar refractivity (Wildman–Crippen MR) is 106 cm³/mol. The topological polar surface area (TPSA) is 80.1 Å². The van der Waals surface area contributed by atoms with E-state index >= 15 is 0 Å². The van der Waals surface area contributed by atoms with E-state index in [-0.39, 0.29) is 10.8 Å². The molecule has 1 aliphatic heterocycles. The monoisotopic (exact) mass is 375 g/mol. The summed E-state index contributed by atoms with van der Waals surface area (Å²) < 4.78 is 5.19. The second-order valence-corrected chi connectivity index (χ2v) is 8.45. The van der Waals surface area contributed by atoms with E-state index in [1.54, 1.807) is 20.8 Å². The molecule has 0 saturated carbocycles. The van der Waals surface area contributed by atoms with E-state index in [0.29, 0.717) is 11.1 Å². The Kier molecular flexibility index (Phi) is 6.23. The lowest BCUT2D eigenvalue weighted by atomic mass is 9.85. The zero-order chi connectivity index (χ0) is 19.5. The van der Waals surface area contributed by atoms with Crippen molar-refractivity contribution in [3.63, 3.8) is 0 Å². The van der Waals surface area contributed by atoms with Gasteiger partial charge in [-0.05, 0) is 70.7 Å². The Balaban J connectivity index is 2.10. The third kappa shape index (κ3) is 5.69. The number of amidine groups is 1. The number of amides is 1. The summed E-state index contributed by atoms with van der Waals surface area (Å²) in [6.45, 7) is 13.3. The molecule has 26 heavy (non-hydrogen) atoms. The van der Waals surface area contributed by atoms with E-state index in [1.165, 1.54) is 6.08 Å². The van der Waals surface area contributed by atoms with Crippen LogP contribution in [-0.4, -0.2) is 28.4 Å². The van der Waals surface area contributed by atoms with E-state index in [9.17, 15) is 9.59 Å². The van der Waals surface area contributed by atoms with E-state index in [0.717, 1.165) is 41.5 Å². The fourth-order valence-electron chi connectivity index (χ4n) is 2.43. The summed E-state index contributed by atoms with van der Waals surface area (Å²) in [5.41, 5.74) is 2.49. The summed E-state index contributed by atoms with van der Waals surface area (Å²) in [5, 5.41) is 11.4. The quantitative estimate of drug-likeness (QED) is 0.353. The van der Waals surface area contributed by atoms with Crippen LogP contribution in [0.5, 0.6) is 0 Å². The molecule has 1 amide bonds. The van der Waals surface area contributed by atoms with Crippen molar-refractivity contribution in [2.24, 2.45) is 16.1 Å². The molecule has 1 aliphatic carbocycles. The third-order valence-electron chi connectivity index (χ3n) is 3.87. The number of rotatable bonds is 3. The van der Waals surface area contributed by atoms with Gasteiger partial charge in [0.15, 0.2) is 5.17 Å². The van der Waals surface area contributed by atoms with Gasteiger partial charge in [-0.25, -0.2) is 4.79 Å². The van der Waals surface area contributed by atoms with Crippen molar-refractivity contribution in [1.29, 1.82) is 0 Å². The first-order valence-corrected chi connectivity index (χ1v) is 9.28. The summed E-state index contributed by atoms with van der Waals surface area (Å²) in [4.78, 5) is 24.1. The van der Waals surface area contributed by atoms with Crippen LogP contribution in [-0.2, 0) is 14.3 Å². The highest BCUT2D eigenvalue weighted by Crippen LogP contribution is 2.28. The molecule has 0 aromatic rings. The van der Waals surface area contributed by atoms with Crippen molar-refractivity contribution in [3.8, 4) is 0 Å². The van der Waals surface area contributed by atoms with Crippen LogP contribution in [0.4, 0.5) is 0 Å². The normalized spacial score (nSPS) is 25.4. The fourth-order valence-corrected chi connectivity index (χ4v) is 3.16. The van der Waals surface area contributed by atoms with Crippen molar-refractivity contribution in [2.75, 3.05) is 0 Å². The summed E-state index contributed by atoms with van der Waals surface area (Å²) in [6.07, 6.45) is 5.07. The highest BCUT2D eigenvalue weighted by Gasteiger charge is 2.26. The van der Waals surface area contributed by atoms with Gasteiger partial charge in [-0.1, -0.05) is 18.2 Å². The molecule has 0 spiro atoms. The Bertz CT molecular complexity index is 754. The maximum Gasteiger partial charge on any atom is 0.332 e. The van der Waals surface area contributed by atoms with Gasteiger partial charge in [-0.3, -0.25) is 10.1 Å². The van der Waals surface area contributed by atoms with Crippen LogP contribution in [0.2, 0.25) is 0 Å². The maximum atomic E-state index is 12.0. The number of thioether (sulfide) groups is 1. The third-order valence-corrected chi connectivity index (χ3v) is 4.77. The summed E-state index contributed by atoms with van der Waals surface area (Å²) in [5.74, 6) is -0.570. The second-order valence-electron chi connectivity index (χ2n) is 7.42. The Morgan fingerprint density at radius 1 is 1.42 bits per heavy atom. The first-order valence-electron chi connectivity index (χ1n) is 8.46. The molecule has 1 saturated heterocycles. The molecular weight excluding hydrogens is 350 g/mol. The molecule has 140 valence electrons. The zero-order valence-corrected chi connectivity index (χ0v) is 16.7. The second kappa shape index (κ2) is 8.03. The van der Waals surface area contributed by atoms with Crippen LogP contribution in [0.15, 0.2) is 45.0 Å². The van der Waals surface area contributed by atoms with Crippen LogP contribution in [0.25, 0.3) is 0 Å². The Labute approximate surface area is 158 Å². The van der Waals surface area contributed by atoms with Crippen molar-refractivity contribution >= 4 is 34.5 Å². The number of hydrogen-bond donors (Lipinski definition) is 1. The van der Waals surface area contributed by atoms with Crippen molar-refractivity contribution in [2.45, 2.75) is 53.1 Å². The molecule has 1 heterocycles. The van der Waals surface area contributed by atoms with E-state index in [4.69, 9.17) is 4.74 Å². The average Bonchev–Trinajstić information content (AvgIpc) is 2.84. The number of carbonyl (C=O) groups excluding carboxylic acids is 2. The molecule has 1 atom stereocenters. The first kappa shape index (κ1) is 20.2. The summed E-state index contributed by atoms with van der Waals surface area (Å²) in [6, 6.07) is 0. The Morgan fingerprint density at radius 2 is 2.12 bits per heavy atom. The number of esters is 1. The molecule has 2 rings (SSSR count). The molecule has 0 radical (unpaired) electrons. The molecule has 0 aromatic carbocycles. The molecule has 7 heteroatoms. The lowest BCUT2D eigenvalue weighted by Gasteiger charge is -2.21. The SMILES string of the molecule is C=C(C)C1CC=C(C)C(=NN=C2NC(=O)C(=CC(=O)OC(C)(C)C)S2)C1. The number of carbonyl (C=O) groups is 2. The highest BCUT2D eigenvalue weighted by atomic mass is 32.2. The largest absolute Gasteiger partial charge is 0.457 e. The number of nitrogens with zero attached hydrogens (tertiary/aromatic N) is 2. The van der Waals surface area contributed by atoms with Crippen LogP contribution < -0.4 is 5.32 Å². The van der Waals surface area contributed by atoms with Gasteiger partial charge in [0.1, 0.15) is 5.60 Å². The van der Waals surface area contributed by atoms with Crippen LogP contribution in [0.1, 0.15) is 47.5 Å². The Hall–Kier alpha value is -2.15. The minimum Gasteiger partial charge on any atom is -0.457 e. The van der Waals surface area contributed by atoms with E-state index < -0.39 is 11.6 Å². The zero-order valence-electron chi connectivity index (χ0n) is 15.9. The average molecular weight is 375 g/mol. The molecule has 6 nitrogen and oxygen atoms in total. The molecule has 0 bridgehead atoms. The van der Waals surface area contributed by atoms with Crippen LogP contribution in [0.3, 0.4) is 0 Å². The molecule has 1 fully saturated rings. The van der Waals surface area contributed by atoms with Gasteiger partial charge < -0.3 is 4.74 Å². The van der Waals surface area contributed by atoms with Crippen molar-refractivity contribution in [1.82, 2.24) is 5.32 Å². The van der Waals surface area contributed by atoms with E-state index in [1.807, 2.05) is 13.8 Å². The first-order chi connectivity index (χ1) is 12.0. The molecule has 0 aromatic heterocycles. The molecule has 1 unspecified atom stereocenters. The van der Waals surface area contributed by atoms with Crippen LogP contribution >= 0.6 is 11.8 Å². The van der Waals surface area contributed by atoms with Crippen LogP contribution in [0, 0.1) is 5.92 Å². The van der Waals surface area contributed by atoms with Gasteiger partial charge in [0.05, 0.1) is 10.6 Å². The molecule has 2 aliphatic rings. The molecular formula is C19H25N3O3S. The number of allylic oxidation sites excluding steroid dienone is 3. The van der Waals surface area contributed by atoms with Gasteiger partial charge in [0, 0.05) is 6.08 Å². The van der Waals surface area contributed by atoms with Gasteiger partial charge >= 0.3 is 5.97 Å². The number of nitrogens with one attached hydrogen (secondary N) is 1. The lowest BCUT2D eigenvalue weighted by Crippen LogP contribution is -2.23. The van der Waals surface area contributed by atoms with Crippen molar-refractivity contribution in [3.05, 3.63) is 34.8 Å². The molecule has 1 N–H and O–H groups in total.